The summed E-state index contributed by atoms with van der Waals surface area (Å²) in [5.74, 6) is -0.591. The van der Waals surface area contributed by atoms with E-state index in [1.54, 1.807) is 0 Å². The molecule has 2 saturated carbocycles. The first-order valence-corrected chi connectivity index (χ1v) is 6.87. The topological polar surface area (TPSA) is 40.9 Å². The molecule has 0 heterocycles. The van der Waals surface area contributed by atoms with Crippen molar-refractivity contribution < 1.29 is 9.18 Å². The molecule has 0 saturated heterocycles. The minimum Gasteiger partial charge on any atom is -0.298 e. The van der Waals surface area contributed by atoms with Crippen molar-refractivity contribution in [2.45, 2.75) is 25.2 Å². The maximum absolute atomic E-state index is 13.8. The maximum Gasteiger partial charge on any atom is 0.157 e. The number of rotatable bonds is 3. The summed E-state index contributed by atoms with van der Waals surface area (Å²) in [6.45, 7) is 0. The van der Waals surface area contributed by atoms with E-state index >= 15 is 0 Å². The van der Waals surface area contributed by atoms with Crippen LogP contribution < -0.4 is 0 Å². The Labute approximate surface area is 116 Å². The number of nitrogens with zero attached hydrogens (tertiary/aromatic N) is 1. The number of Topliss-reactive ketones (excluding diaryl/α,β-unsaturated/α-hetero) is 1. The molecule has 0 bridgehead atoms. The van der Waals surface area contributed by atoms with Crippen LogP contribution in [0.15, 0.2) is 18.2 Å². The average Bonchev–Trinajstić information content (AvgIpc) is 3.00. The van der Waals surface area contributed by atoms with Crippen LogP contribution >= 0.6 is 11.6 Å². The first-order chi connectivity index (χ1) is 9.11. The molecule has 0 radical (unpaired) electrons. The van der Waals surface area contributed by atoms with E-state index in [9.17, 15) is 14.4 Å². The van der Waals surface area contributed by atoms with Crippen molar-refractivity contribution in [1.82, 2.24) is 0 Å². The van der Waals surface area contributed by atoms with Gasteiger partial charge in [-0.05, 0) is 43.2 Å². The lowest BCUT2D eigenvalue weighted by Gasteiger charge is -2.16. The fourth-order valence-electron chi connectivity index (χ4n) is 3.24. The van der Waals surface area contributed by atoms with E-state index in [0.717, 1.165) is 12.8 Å². The lowest BCUT2D eigenvalue weighted by Crippen LogP contribution is -2.21. The summed E-state index contributed by atoms with van der Waals surface area (Å²) in [6.07, 6.45) is 2.92. The van der Waals surface area contributed by atoms with Gasteiger partial charge >= 0.3 is 0 Å². The zero-order chi connectivity index (χ0) is 13.6. The molecule has 3 rings (SSSR count). The van der Waals surface area contributed by atoms with Crippen molar-refractivity contribution in [2.75, 3.05) is 0 Å². The highest BCUT2D eigenvalue weighted by Gasteiger charge is 2.49. The maximum atomic E-state index is 13.8. The second-order valence-corrected chi connectivity index (χ2v) is 5.93. The van der Waals surface area contributed by atoms with Crippen LogP contribution in [0, 0.1) is 34.9 Å². The Morgan fingerprint density at radius 3 is 2.63 bits per heavy atom. The molecule has 1 aromatic carbocycles. The Hall–Kier alpha value is -1.40. The smallest absolute Gasteiger partial charge is 0.157 e. The number of nitriles is 1. The molecular formula is C15H13ClFNO. The summed E-state index contributed by atoms with van der Waals surface area (Å²) in [4.78, 5) is 12.4. The molecule has 0 aliphatic heterocycles. The van der Waals surface area contributed by atoms with Crippen LogP contribution in [0.4, 0.5) is 4.39 Å². The number of benzene rings is 1. The zero-order valence-electron chi connectivity index (χ0n) is 10.3. The Bertz CT molecular complexity index is 550. The Morgan fingerprint density at radius 2 is 2.05 bits per heavy atom. The van der Waals surface area contributed by atoms with Crippen LogP contribution in [0.5, 0.6) is 0 Å². The monoisotopic (exact) mass is 277 g/mol. The van der Waals surface area contributed by atoms with Gasteiger partial charge in [-0.1, -0.05) is 17.7 Å². The second-order valence-electron chi connectivity index (χ2n) is 5.52. The lowest BCUT2D eigenvalue weighted by molar-refractivity contribution is -0.123. The first kappa shape index (κ1) is 12.6. The fourth-order valence-corrected chi connectivity index (χ4v) is 3.51. The molecule has 0 aromatic heterocycles. The molecule has 2 aliphatic rings. The molecule has 3 unspecified atom stereocenters. The Morgan fingerprint density at radius 1 is 1.37 bits per heavy atom. The lowest BCUT2D eigenvalue weighted by atomic mass is 9.85. The molecule has 98 valence electrons. The van der Waals surface area contributed by atoms with Crippen LogP contribution in [-0.4, -0.2) is 5.78 Å². The van der Waals surface area contributed by atoms with Gasteiger partial charge in [-0.15, -0.1) is 0 Å². The van der Waals surface area contributed by atoms with Gasteiger partial charge in [0, 0.05) is 16.5 Å². The third-order valence-electron chi connectivity index (χ3n) is 4.35. The van der Waals surface area contributed by atoms with Crippen LogP contribution in [0.3, 0.4) is 0 Å². The largest absolute Gasteiger partial charge is 0.298 e. The van der Waals surface area contributed by atoms with E-state index in [-0.39, 0.29) is 22.3 Å². The number of ketones is 1. The van der Waals surface area contributed by atoms with Crippen molar-refractivity contribution >= 4 is 17.4 Å². The third-order valence-corrected chi connectivity index (χ3v) is 4.68. The molecule has 1 aromatic rings. The Kier molecular flexibility index (Phi) is 3.06. The average molecular weight is 278 g/mol. The molecule has 2 aliphatic carbocycles. The van der Waals surface area contributed by atoms with Gasteiger partial charge in [-0.2, -0.15) is 5.26 Å². The molecule has 0 spiro atoms. The molecule has 4 heteroatoms. The van der Waals surface area contributed by atoms with Gasteiger partial charge in [0.15, 0.2) is 5.78 Å². The third kappa shape index (κ3) is 2.15. The molecule has 2 nitrogen and oxygen atoms in total. The van der Waals surface area contributed by atoms with Crippen molar-refractivity contribution in [3.8, 4) is 6.07 Å². The van der Waals surface area contributed by atoms with Gasteiger partial charge < -0.3 is 0 Å². The van der Waals surface area contributed by atoms with Crippen LogP contribution in [0.1, 0.15) is 30.7 Å². The number of carbonyl (C=O) groups is 1. The Balaban J connectivity index is 1.88. The van der Waals surface area contributed by atoms with E-state index < -0.39 is 11.7 Å². The van der Waals surface area contributed by atoms with E-state index in [1.807, 2.05) is 6.07 Å². The normalized spacial score (nSPS) is 29.4. The van der Waals surface area contributed by atoms with Gasteiger partial charge in [0.25, 0.3) is 0 Å². The van der Waals surface area contributed by atoms with Crippen molar-refractivity contribution in [2.24, 2.45) is 17.8 Å². The number of hydrogen-bond acceptors (Lipinski definition) is 2. The molecule has 0 amide bonds. The predicted octanol–water partition coefficient (Wildman–Crippen LogP) is 3.70. The van der Waals surface area contributed by atoms with Crippen LogP contribution in [0.25, 0.3) is 0 Å². The highest BCUT2D eigenvalue weighted by atomic mass is 35.5. The summed E-state index contributed by atoms with van der Waals surface area (Å²) in [6, 6.07) is 6.17. The summed E-state index contributed by atoms with van der Waals surface area (Å²) in [7, 11) is 0. The summed E-state index contributed by atoms with van der Waals surface area (Å²) in [5, 5.41) is 9.40. The number of fused-ring (bicyclic) bond motifs is 1. The summed E-state index contributed by atoms with van der Waals surface area (Å²) >= 11 is 5.95. The van der Waals surface area contributed by atoms with E-state index in [0.29, 0.717) is 11.8 Å². The van der Waals surface area contributed by atoms with Gasteiger partial charge in [0.05, 0.1) is 6.07 Å². The van der Waals surface area contributed by atoms with Gasteiger partial charge in [-0.3, -0.25) is 4.79 Å². The molecular weight excluding hydrogens is 265 g/mol. The number of carbonyl (C=O) groups excluding carboxylic acids is 1. The van der Waals surface area contributed by atoms with Crippen molar-refractivity contribution in [3.05, 3.63) is 34.6 Å². The van der Waals surface area contributed by atoms with Gasteiger partial charge in [-0.25, -0.2) is 4.39 Å². The minimum absolute atomic E-state index is 0.0391. The first-order valence-electron chi connectivity index (χ1n) is 6.49. The fraction of sp³-hybridized carbons (Fsp3) is 0.467. The number of hydrogen-bond donors (Lipinski definition) is 0. The standard InChI is InChI=1S/C15H13ClFNO/c16-12-2-1-3-13(17)14(12)11(7-18)15(19)10-5-8-4-9(8)6-10/h1-3,8-11H,4-6H2. The molecule has 0 N–H and O–H groups in total. The SMILES string of the molecule is N#CC(C(=O)C1CC2CC2C1)c1c(F)cccc1Cl. The van der Waals surface area contributed by atoms with Crippen LogP contribution in [-0.2, 0) is 4.79 Å². The van der Waals surface area contributed by atoms with Crippen molar-refractivity contribution in [1.29, 1.82) is 5.26 Å². The van der Waals surface area contributed by atoms with Crippen LogP contribution in [0.2, 0.25) is 5.02 Å². The highest BCUT2D eigenvalue weighted by Crippen LogP contribution is 2.55. The second kappa shape index (κ2) is 4.61. The number of halogens is 2. The van der Waals surface area contributed by atoms with E-state index in [4.69, 9.17) is 11.6 Å². The summed E-state index contributed by atoms with van der Waals surface area (Å²) < 4.78 is 13.8. The molecule has 19 heavy (non-hydrogen) atoms. The van der Waals surface area contributed by atoms with Crippen molar-refractivity contribution in [3.63, 3.8) is 0 Å². The van der Waals surface area contributed by atoms with Gasteiger partial charge in [0.1, 0.15) is 11.7 Å². The summed E-state index contributed by atoms with van der Waals surface area (Å²) in [5.41, 5.74) is 0.0391. The molecule has 2 fully saturated rings. The van der Waals surface area contributed by atoms with Gasteiger partial charge in [0.2, 0.25) is 0 Å². The van der Waals surface area contributed by atoms with E-state index in [1.165, 1.54) is 24.6 Å². The zero-order valence-corrected chi connectivity index (χ0v) is 11.0. The quantitative estimate of drug-likeness (QED) is 0.845. The predicted molar refractivity (Wildman–Crippen MR) is 69.1 cm³/mol. The highest BCUT2D eigenvalue weighted by molar-refractivity contribution is 6.31. The minimum atomic E-state index is -1.07. The van der Waals surface area contributed by atoms with E-state index in [2.05, 4.69) is 0 Å². The molecule has 3 atom stereocenters.